The lowest BCUT2D eigenvalue weighted by molar-refractivity contribution is -0.135. The summed E-state index contributed by atoms with van der Waals surface area (Å²) in [6.07, 6.45) is 5.30. The first-order valence-corrected chi connectivity index (χ1v) is 4.07. The molecule has 2 aliphatic rings. The molecule has 0 saturated heterocycles. The Hall–Kier alpha value is -0.790. The average Bonchev–Trinajstić information content (AvgIpc) is 2.30. The van der Waals surface area contributed by atoms with Crippen LogP contribution in [-0.4, -0.2) is 5.97 Å². The van der Waals surface area contributed by atoms with Gasteiger partial charge in [-0.25, -0.2) is 4.79 Å². The molecule has 2 rings (SSSR count). The molecule has 2 nitrogen and oxygen atoms in total. The molecule has 1 saturated carbocycles. The third-order valence-electron chi connectivity index (χ3n) is 2.39. The monoisotopic (exact) mass is 151 g/mol. The molecule has 1 aliphatic carbocycles. The molecule has 0 bridgehead atoms. The summed E-state index contributed by atoms with van der Waals surface area (Å²) < 4.78 is 5.08. The van der Waals surface area contributed by atoms with E-state index in [0.717, 1.165) is 24.5 Å². The molecule has 1 radical (unpaired) electrons. The van der Waals surface area contributed by atoms with Gasteiger partial charge in [-0.15, -0.1) is 0 Å². The molecule has 0 N–H and O–H groups in total. The van der Waals surface area contributed by atoms with E-state index in [1.54, 1.807) is 0 Å². The quantitative estimate of drug-likeness (QED) is 0.495. The van der Waals surface area contributed by atoms with Crippen molar-refractivity contribution < 1.29 is 9.53 Å². The normalized spacial score (nSPS) is 25.4. The highest BCUT2D eigenvalue weighted by Crippen LogP contribution is 2.39. The summed E-state index contributed by atoms with van der Waals surface area (Å²) in [5.41, 5.74) is 2.01. The Morgan fingerprint density at radius 3 is 2.73 bits per heavy atom. The van der Waals surface area contributed by atoms with Gasteiger partial charge in [-0.3, -0.25) is 0 Å². The van der Waals surface area contributed by atoms with Gasteiger partial charge >= 0.3 is 5.97 Å². The van der Waals surface area contributed by atoms with Crippen molar-refractivity contribution >= 4 is 5.97 Å². The second kappa shape index (κ2) is 2.36. The lowest BCUT2D eigenvalue weighted by atomic mass is 9.91. The summed E-state index contributed by atoms with van der Waals surface area (Å²) in [5.74, 6) is -0.128. The Bertz CT molecular complexity index is 228. The van der Waals surface area contributed by atoms with E-state index in [-0.39, 0.29) is 5.97 Å². The maximum absolute atomic E-state index is 11.0. The van der Waals surface area contributed by atoms with E-state index in [4.69, 9.17) is 4.74 Å². The predicted octanol–water partition coefficient (Wildman–Crippen LogP) is 1.97. The van der Waals surface area contributed by atoms with Gasteiger partial charge in [0.05, 0.1) is 0 Å². The highest BCUT2D eigenvalue weighted by Gasteiger charge is 2.33. The van der Waals surface area contributed by atoms with Gasteiger partial charge in [-0.2, -0.15) is 0 Å². The standard InChI is InChI=1S/C9H11O2/c1-6-7-4-2-3-5-8(7)11-9(6)10/h2-5H2,1H3. The highest BCUT2D eigenvalue weighted by atomic mass is 16.5. The second-order valence-corrected chi connectivity index (χ2v) is 3.12. The van der Waals surface area contributed by atoms with Gasteiger partial charge < -0.3 is 4.74 Å². The molecule has 0 aromatic rings. The van der Waals surface area contributed by atoms with E-state index in [1.165, 1.54) is 18.4 Å². The van der Waals surface area contributed by atoms with Crippen molar-refractivity contribution in [3.8, 4) is 0 Å². The Kier molecular flexibility index (Phi) is 1.48. The zero-order valence-electron chi connectivity index (χ0n) is 6.64. The molecule has 11 heavy (non-hydrogen) atoms. The molecule has 1 aliphatic heterocycles. The lowest BCUT2D eigenvalue weighted by Gasteiger charge is -2.17. The van der Waals surface area contributed by atoms with Gasteiger partial charge in [0.1, 0.15) is 0 Å². The van der Waals surface area contributed by atoms with E-state index in [1.807, 2.05) is 6.92 Å². The number of carbonyl (C=O) groups is 1. The number of ether oxygens (including phenoxy) is 1. The molecule has 0 unspecified atom stereocenters. The fourth-order valence-corrected chi connectivity index (χ4v) is 1.70. The first kappa shape index (κ1) is 6.89. The van der Waals surface area contributed by atoms with Crippen molar-refractivity contribution in [1.82, 2.24) is 0 Å². The SMILES string of the molecule is CC1=C2CCCC[C]2OC1=O. The average molecular weight is 151 g/mol. The summed E-state index contributed by atoms with van der Waals surface area (Å²) in [6.45, 7) is 1.86. The van der Waals surface area contributed by atoms with Gasteiger partial charge in [-0.1, -0.05) is 0 Å². The molecule has 1 fully saturated rings. The minimum atomic E-state index is -0.128. The van der Waals surface area contributed by atoms with Crippen molar-refractivity contribution in [1.29, 1.82) is 0 Å². The van der Waals surface area contributed by atoms with E-state index >= 15 is 0 Å². The fourth-order valence-electron chi connectivity index (χ4n) is 1.70. The van der Waals surface area contributed by atoms with Crippen molar-refractivity contribution in [3.63, 3.8) is 0 Å². The first-order valence-electron chi connectivity index (χ1n) is 4.07. The highest BCUT2D eigenvalue weighted by molar-refractivity contribution is 5.93. The molecule has 0 atom stereocenters. The second-order valence-electron chi connectivity index (χ2n) is 3.12. The predicted molar refractivity (Wildman–Crippen MR) is 40.5 cm³/mol. The topological polar surface area (TPSA) is 26.3 Å². The van der Waals surface area contributed by atoms with Crippen LogP contribution in [0, 0.1) is 6.10 Å². The molecular formula is C9H11O2. The van der Waals surface area contributed by atoms with Crippen molar-refractivity contribution in [2.75, 3.05) is 0 Å². The molecule has 0 aromatic heterocycles. The van der Waals surface area contributed by atoms with Crippen LogP contribution < -0.4 is 0 Å². The van der Waals surface area contributed by atoms with Crippen LogP contribution in [0.5, 0.6) is 0 Å². The zero-order chi connectivity index (χ0) is 7.84. The maximum atomic E-state index is 11.0. The summed E-state index contributed by atoms with van der Waals surface area (Å²) in [7, 11) is 0. The smallest absolute Gasteiger partial charge is 0.334 e. The van der Waals surface area contributed by atoms with Gasteiger partial charge in [0, 0.05) is 5.57 Å². The van der Waals surface area contributed by atoms with Crippen LogP contribution >= 0.6 is 0 Å². The molecule has 0 aromatic carbocycles. The molecule has 59 valence electrons. The Morgan fingerprint density at radius 1 is 1.27 bits per heavy atom. The van der Waals surface area contributed by atoms with Crippen LogP contribution in [0.4, 0.5) is 0 Å². The zero-order valence-corrected chi connectivity index (χ0v) is 6.64. The lowest BCUT2D eigenvalue weighted by Crippen LogP contribution is -2.06. The van der Waals surface area contributed by atoms with E-state index < -0.39 is 0 Å². The van der Waals surface area contributed by atoms with Crippen LogP contribution in [0.1, 0.15) is 32.6 Å². The molecule has 1 heterocycles. The number of hydrogen-bond donors (Lipinski definition) is 0. The van der Waals surface area contributed by atoms with Crippen molar-refractivity contribution in [2.24, 2.45) is 0 Å². The largest absolute Gasteiger partial charge is 0.446 e. The Morgan fingerprint density at radius 2 is 2.00 bits per heavy atom. The van der Waals surface area contributed by atoms with Crippen LogP contribution in [0.2, 0.25) is 0 Å². The molecule has 0 amide bonds. The van der Waals surface area contributed by atoms with Crippen LogP contribution in [-0.2, 0) is 9.53 Å². The van der Waals surface area contributed by atoms with Gasteiger partial charge in [-0.05, 0) is 38.2 Å². The van der Waals surface area contributed by atoms with Crippen LogP contribution in [0.25, 0.3) is 0 Å². The first-order chi connectivity index (χ1) is 5.29. The summed E-state index contributed by atoms with van der Waals surface area (Å²) in [4.78, 5) is 11.0. The van der Waals surface area contributed by atoms with Crippen LogP contribution in [0.15, 0.2) is 11.1 Å². The molecular weight excluding hydrogens is 140 g/mol. The summed E-state index contributed by atoms with van der Waals surface area (Å²) in [6, 6.07) is 0. The number of rotatable bonds is 0. The Labute approximate surface area is 66.2 Å². The van der Waals surface area contributed by atoms with E-state index in [2.05, 4.69) is 0 Å². The summed E-state index contributed by atoms with van der Waals surface area (Å²) >= 11 is 0. The van der Waals surface area contributed by atoms with Crippen molar-refractivity contribution in [3.05, 3.63) is 17.3 Å². The number of carbonyl (C=O) groups excluding carboxylic acids is 1. The number of esters is 1. The van der Waals surface area contributed by atoms with E-state index in [0.29, 0.717) is 0 Å². The maximum Gasteiger partial charge on any atom is 0.334 e. The van der Waals surface area contributed by atoms with Crippen molar-refractivity contribution in [2.45, 2.75) is 32.6 Å². The minimum absolute atomic E-state index is 0.128. The van der Waals surface area contributed by atoms with Crippen LogP contribution in [0.3, 0.4) is 0 Å². The number of hydrogen-bond acceptors (Lipinski definition) is 2. The summed E-state index contributed by atoms with van der Waals surface area (Å²) in [5, 5.41) is 0. The third-order valence-corrected chi connectivity index (χ3v) is 2.39. The Balaban J connectivity index is 2.28. The third kappa shape index (κ3) is 0.971. The van der Waals surface area contributed by atoms with Gasteiger partial charge in [0.2, 0.25) is 0 Å². The molecule has 0 spiro atoms. The molecule has 2 heteroatoms. The van der Waals surface area contributed by atoms with E-state index in [9.17, 15) is 4.79 Å². The fraction of sp³-hybridized carbons (Fsp3) is 0.556. The van der Waals surface area contributed by atoms with Gasteiger partial charge in [0.25, 0.3) is 0 Å². The van der Waals surface area contributed by atoms with Gasteiger partial charge in [0.15, 0.2) is 6.10 Å². The minimum Gasteiger partial charge on any atom is -0.446 e. The number of fused-ring (bicyclic) bond motifs is 1.